The zero-order chi connectivity index (χ0) is 19.1. The molecule has 0 saturated heterocycles. The molecule has 0 aliphatic heterocycles. The van der Waals surface area contributed by atoms with Crippen LogP contribution >= 0.6 is 0 Å². The molecule has 3 N–H and O–H groups in total. The lowest BCUT2D eigenvalue weighted by Gasteiger charge is -2.61. The fraction of sp³-hybridized carbons (Fsp3) is 0.810. The highest BCUT2D eigenvalue weighted by molar-refractivity contribution is 5.92. The van der Waals surface area contributed by atoms with E-state index in [1.165, 1.54) is 6.92 Å². The molecule has 26 heavy (non-hydrogen) atoms. The van der Waals surface area contributed by atoms with E-state index in [0.29, 0.717) is 31.3 Å². The van der Waals surface area contributed by atoms with Crippen LogP contribution in [0.3, 0.4) is 0 Å². The lowest BCUT2D eigenvalue weighted by atomic mass is 9.45. The Balaban J connectivity index is 1.78. The summed E-state index contributed by atoms with van der Waals surface area (Å²) < 4.78 is 0. The van der Waals surface area contributed by atoms with Crippen molar-refractivity contribution in [2.45, 2.75) is 77.1 Å². The quantitative estimate of drug-likeness (QED) is 0.661. The number of rotatable bonds is 1. The Bertz CT molecular complexity index is 699. The van der Waals surface area contributed by atoms with Crippen molar-refractivity contribution >= 4 is 11.6 Å². The molecule has 0 aromatic heterocycles. The number of hydrogen-bond acceptors (Lipinski definition) is 5. The van der Waals surface area contributed by atoms with Crippen LogP contribution in [-0.4, -0.2) is 44.7 Å². The maximum atomic E-state index is 12.3. The molecule has 8 atom stereocenters. The van der Waals surface area contributed by atoms with Crippen LogP contribution in [0.4, 0.5) is 0 Å². The van der Waals surface area contributed by atoms with E-state index in [-0.39, 0.29) is 34.7 Å². The molecule has 3 saturated carbocycles. The van der Waals surface area contributed by atoms with Crippen LogP contribution in [0.25, 0.3) is 0 Å². The minimum absolute atomic E-state index is 0.00389. The molecule has 0 aromatic rings. The molecule has 0 amide bonds. The predicted octanol–water partition coefficient (Wildman–Crippen LogP) is 1.78. The molecule has 0 aromatic carbocycles. The van der Waals surface area contributed by atoms with Crippen LogP contribution in [0.15, 0.2) is 11.6 Å². The van der Waals surface area contributed by atoms with Gasteiger partial charge < -0.3 is 15.3 Å². The molecule has 0 radical (unpaired) electrons. The van der Waals surface area contributed by atoms with E-state index >= 15 is 0 Å². The van der Waals surface area contributed by atoms with Gasteiger partial charge >= 0.3 is 0 Å². The van der Waals surface area contributed by atoms with Gasteiger partial charge in [0, 0.05) is 11.8 Å². The number of aliphatic hydroxyl groups is 3. The molecule has 0 heterocycles. The Kier molecular flexibility index (Phi) is 3.87. The van der Waals surface area contributed by atoms with Gasteiger partial charge in [-0.3, -0.25) is 9.59 Å². The Hall–Kier alpha value is -1.04. The summed E-state index contributed by atoms with van der Waals surface area (Å²) in [6.07, 6.45) is 3.37. The SMILES string of the molecule is CC(=O)[C@@]1(O)CC[C@H]2[C@@H]3[C@H](O)[C@@H](O)C4=CC(=O)CC[C@]4(C)[C@H]3CC[C@@]21C. The molecule has 4 aliphatic rings. The highest BCUT2D eigenvalue weighted by Gasteiger charge is 2.68. The van der Waals surface area contributed by atoms with Gasteiger partial charge in [-0.05, 0) is 73.8 Å². The average Bonchev–Trinajstić information content (AvgIpc) is 2.87. The monoisotopic (exact) mass is 362 g/mol. The summed E-state index contributed by atoms with van der Waals surface area (Å²) in [6, 6.07) is 0. The predicted molar refractivity (Wildman–Crippen MR) is 95.1 cm³/mol. The lowest BCUT2D eigenvalue weighted by molar-refractivity contribution is -0.180. The normalized spacial score (nSPS) is 53.4. The highest BCUT2D eigenvalue weighted by Crippen LogP contribution is 2.67. The number of hydrogen-bond donors (Lipinski definition) is 3. The van der Waals surface area contributed by atoms with E-state index in [4.69, 9.17) is 0 Å². The van der Waals surface area contributed by atoms with Gasteiger partial charge in [0.25, 0.3) is 0 Å². The first-order chi connectivity index (χ1) is 12.1. The molecule has 4 aliphatic carbocycles. The van der Waals surface area contributed by atoms with E-state index in [0.717, 1.165) is 12.8 Å². The summed E-state index contributed by atoms with van der Waals surface area (Å²) in [5.74, 6) is -0.174. The summed E-state index contributed by atoms with van der Waals surface area (Å²) in [5.41, 5.74) is -1.52. The number of aliphatic hydroxyl groups excluding tert-OH is 2. The molecule has 4 rings (SSSR count). The van der Waals surface area contributed by atoms with Crippen molar-refractivity contribution in [2.75, 3.05) is 0 Å². The minimum Gasteiger partial charge on any atom is -0.390 e. The van der Waals surface area contributed by atoms with E-state index in [1.807, 2.05) is 6.92 Å². The van der Waals surface area contributed by atoms with Crippen LogP contribution in [0, 0.1) is 28.6 Å². The van der Waals surface area contributed by atoms with Crippen LogP contribution in [0.5, 0.6) is 0 Å². The molecule has 0 spiro atoms. The van der Waals surface area contributed by atoms with Crippen molar-refractivity contribution in [3.63, 3.8) is 0 Å². The van der Waals surface area contributed by atoms with Gasteiger partial charge in [0.2, 0.25) is 0 Å². The van der Waals surface area contributed by atoms with Crippen LogP contribution in [0.1, 0.15) is 59.3 Å². The van der Waals surface area contributed by atoms with Crippen molar-refractivity contribution in [3.8, 4) is 0 Å². The third kappa shape index (κ3) is 2.02. The first-order valence-electron chi connectivity index (χ1n) is 9.91. The van der Waals surface area contributed by atoms with Crippen molar-refractivity contribution in [1.29, 1.82) is 0 Å². The fourth-order valence-corrected chi connectivity index (χ4v) is 7.17. The number of carbonyl (C=O) groups excluding carboxylic acids is 2. The second-order valence-corrected chi connectivity index (χ2v) is 9.62. The Morgan fingerprint density at radius 2 is 1.77 bits per heavy atom. The summed E-state index contributed by atoms with van der Waals surface area (Å²) in [4.78, 5) is 24.2. The van der Waals surface area contributed by atoms with E-state index in [9.17, 15) is 24.9 Å². The maximum absolute atomic E-state index is 12.3. The van der Waals surface area contributed by atoms with Gasteiger partial charge in [-0.25, -0.2) is 0 Å². The zero-order valence-corrected chi connectivity index (χ0v) is 15.9. The molecule has 5 heteroatoms. The highest BCUT2D eigenvalue weighted by atomic mass is 16.3. The fourth-order valence-electron chi connectivity index (χ4n) is 7.17. The first kappa shape index (κ1) is 18.3. The van der Waals surface area contributed by atoms with Gasteiger partial charge in [0.1, 0.15) is 11.7 Å². The van der Waals surface area contributed by atoms with E-state index in [2.05, 4.69) is 6.92 Å². The lowest BCUT2D eigenvalue weighted by Crippen LogP contribution is -2.63. The molecular formula is C21H30O5. The number of fused-ring (bicyclic) bond motifs is 5. The van der Waals surface area contributed by atoms with Gasteiger partial charge in [0.15, 0.2) is 11.6 Å². The summed E-state index contributed by atoms with van der Waals surface area (Å²) in [5, 5.41) is 33.0. The topological polar surface area (TPSA) is 94.8 Å². The maximum Gasteiger partial charge on any atom is 0.161 e. The van der Waals surface area contributed by atoms with Gasteiger partial charge in [-0.1, -0.05) is 13.8 Å². The molecule has 5 nitrogen and oxygen atoms in total. The second-order valence-electron chi connectivity index (χ2n) is 9.62. The third-order valence-electron chi connectivity index (χ3n) is 8.79. The molecule has 3 fully saturated rings. The summed E-state index contributed by atoms with van der Waals surface area (Å²) in [6.45, 7) is 5.56. The van der Waals surface area contributed by atoms with Crippen molar-refractivity contribution in [3.05, 3.63) is 11.6 Å². The number of carbonyl (C=O) groups is 2. The Morgan fingerprint density at radius 1 is 1.12 bits per heavy atom. The standard InChI is InChI=1S/C21H30O5/c1-11(22)21(26)9-6-14-16-13(5-8-20(14,21)3)19(2)7-4-12(23)10-15(19)17(24)18(16)25/h10,13-14,16-18,24-26H,4-9H2,1-3H3/t13-,14-,16+,17-,18-,19+,20-,21-/m0/s1. The second kappa shape index (κ2) is 5.49. The van der Waals surface area contributed by atoms with Gasteiger partial charge in [0.05, 0.1) is 6.10 Å². The van der Waals surface area contributed by atoms with Gasteiger partial charge in [-0.15, -0.1) is 0 Å². The molecule has 0 unspecified atom stereocenters. The van der Waals surface area contributed by atoms with Crippen LogP contribution in [-0.2, 0) is 9.59 Å². The van der Waals surface area contributed by atoms with Gasteiger partial charge in [-0.2, -0.15) is 0 Å². The Labute approximate surface area is 154 Å². The first-order valence-corrected chi connectivity index (χ1v) is 9.91. The smallest absolute Gasteiger partial charge is 0.161 e. The summed E-state index contributed by atoms with van der Waals surface area (Å²) >= 11 is 0. The largest absolute Gasteiger partial charge is 0.390 e. The van der Waals surface area contributed by atoms with Crippen molar-refractivity contribution in [1.82, 2.24) is 0 Å². The third-order valence-corrected chi connectivity index (χ3v) is 8.79. The van der Waals surface area contributed by atoms with Crippen molar-refractivity contribution in [2.24, 2.45) is 28.6 Å². The Morgan fingerprint density at radius 3 is 2.42 bits per heavy atom. The zero-order valence-electron chi connectivity index (χ0n) is 15.9. The molecule has 0 bridgehead atoms. The van der Waals surface area contributed by atoms with Crippen molar-refractivity contribution < 1.29 is 24.9 Å². The van der Waals surface area contributed by atoms with Crippen LogP contribution < -0.4 is 0 Å². The van der Waals surface area contributed by atoms with E-state index in [1.54, 1.807) is 6.08 Å². The number of Topliss-reactive ketones (excluding diaryl/α,β-unsaturated/α-hetero) is 1. The number of ketones is 2. The van der Waals surface area contributed by atoms with E-state index < -0.39 is 23.2 Å². The average molecular weight is 362 g/mol. The molecular weight excluding hydrogens is 332 g/mol. The molecule has 144 valence electrons. The minimum atomic E-state index is -1.34. The van der Waals surface area contributed by atoms with Crippen LogP contribution in [0.2, 0.25) is 0 Å². The summed E-state index contributed by atoms with van der Waals surface area (Å²) in [7, 11) is 0.